The molecule has 2 N–H and O–H groups in total. The molecule has 158 valence electrons. The highest BCUT2D eigenvalue weighted by atomic mass is 16.5. The third kappa shape index (κ3) is 3.84. The molecular formula is C25H25N3O3. The molecule has 0 radical (unpaired) electrons. The average molecular weight is 415 g/mol. The van der Waals surface area contributed by atoms with Gasteiger partial charge in [0.25, 0.3) is 5.91 Å². The number of anilines is 1. The first-order chi connectivity index (χ1) is 15.0. The summed E-state index contributed by atoms with van der Waals surface area (Å²) in [4.78, 5) is 27.8. The molecule has 3 aromatic rings. The molecule has 1 aliphatic rings. The number of carbonyl (C=O) groups excluding carboxylic acids is 2. The van der Waals surface area contributed by atoms with Gasteiger partial charge in [0.1, 0.15) is 5.75 Å². The summed E-state index contributed by atoms with van der Waals surface area (Å²) in [7, 11) is 1.56. The Kier molecular flexibility index (Phi) is 5.62. The summed E-state index contributed by atoms with van der Waals surface area (Å²) < 4.78 is 5.37. The van der Waals surface area contributed by atoms with Crippen LogP contribution in [0.3, 0.4) is 0 Å². The molecule has 31 heavy (non-hydrogen) atoms. The summed E-state index contributed by atoms with van der Waals surface area (Å²) in [5, 5.41) is 8.12. The number of benzene rings is 3. The molecule has 0 fully saturated rings. The van der Waals surface area contributed by atoms with Crippen molar-refractivity contribution in [3.05, 3.63) is 83.6 Å². The number of hydrogen-bond acceptors (Lipinski definition) is 3. The Balaban J connectivity index is 1.78. The van der Waals surface area contributed by atoms with Crippen LogP contribution in [0.2, 0.25) is 0 Å². The van der Waals surface area contributed by atoms with Crippen molar-refractivity contribution in [3.8, 4) is 5.75 Å². The lowest BCUT2D eigenvalue weighted by molar-refractivity contribution is -0.113. The van der Waals surface area contributed by atoms with Crippen LogP contribution >= 0.6 is 0 Å². The van der Waals surface area contributed by atoms with Crippen molar-refractivity contribution in [2.45, 2.75) is 19.9 Å². The van der Waals surface area contributed by atoms with E-state index in [4.69, 9.17) is 4.74 Å². The van der Waals surface area contributed by atoms with Crippen LogP contribution in [-0.4, -0.2) is 30.5 Å². The van der Waals surface area contributed by atoms with Gasteiger partial charge in [-0.1, -0.05) is 48.5 Å². The number of amides is 3. The quantitative estimate of drug-likeness (QED) is 0.626. The van der Waals surface area contributed by atoms with E-state index in [2.05, 4.69) is 10.6 Å². The number of para-hydroxylation sites is 2. The van der Waals surface area contributed by atoms with Crippen molar-refractivity contribution in [1.29, 1.82) is 0 Å². The number of nitrogens with one attached hydrogen (secondary N) is 2. The van der Waals surface area contributed by atoms with E-state index >= 15 is 0 Å². The first-order valence-electron chi connectivity index (χ1n) is 10.2. The third-order valence-electron chi connectivity index (χ3n) is 5.62. The van der Waals surface area contributed by atoms with E-state index in [1.165, 1.54) is 0 Å². The Morgan fingerprint density at radius 2 is 1.77 bits per heavy atom. The lowest BCUT2D eigenvalue weighted by atomic mass is 9.92. The van der Waals surface area contributed by atoms with Gasteiger partial charge >= 0.3 is 6.03 Å². The molecule has 1 heterocycles. The van der Waals surface area contributed by atoms with Gasteiger partial charge in [-0.15, -0.1) is 0 Å². The highest BCUT2D eigenvalue weighted by Crippen LogP contribution is 2.33. The van der Waals surface area contributed by atoms with Crippen molar-refractivity contribution in [1.82, 2.24) is 10.2 Å². The number of methoxy groups -OCH3 is 1. The topological polar surface area (TPSA) is 70.7 Å². The highest BCUT2D eigenvalue weighted by Gasteiger charge is 2.35. The van der Waals surface area contributed by atoms with E-state index in [9.17, 15) is 9.59 Å². The third-order valence-corrected chi connectivity index (χ3v) is 5.62. The van der Waals surface area contributed by atoms with Crippen LogP contribution in [0, 0.1) is 0 Å². The summed E-state index contributed by atoms with van der Waals surface area (Å²) in [6.45, 7) is 4.16. The number of nitrogens with zero attached hydrogens (tertiary/aromatic N) is 1. The SMILES string of the molecule is CCN1C(=O)N[C@H](c2ccc3ccccc3c2)C(C(=O)Nc2ccccc2OC)=C1C. The van der Waals surface area contributed by atoms with Crippen LogP contribution in [0.5, 0.6) is 5.75 Å². The molecule has 0 aliphatic carbocycles. The Morgan fingerprint density at radius 3 is 2.52 bits per heavy atom. The smallest absolute Gasteiger partial charge is 0.322 e. The molecule has 1 atom stereocenters. The maximum absolute atomic E-state index is 13.5. The van der Waals surface area contributed by atoms with E-state index in [0.29, 0.717) is 29.3 Å². The van der Waals surface area contributed by atoms with Gasteiger partial charge in [-0.05, 0) is 48.4 Å². The summed E-state index contributed by atoms with van der Waals surface area (Å²) in [5.74, 6) is 0.294. The second-order valence-electron chi connectivity index (χ2n) is 7.39. The number of rotatable bonds is 5. The number of hydrogen-bond donors (Lipinski definition) is 2. The normalized spacial score (nSPS) is 16.3. The van der Waals surface area contributed by atoms with Crippen molar-refractivity contribution >= 4 is 28.4 Å². The maximum atomic E-state index is 13.5. The molecule has 4 rings (SSSR count). The lowest BCUT2D eigenvalue weighted by Gasteiger charge is -2.35. The fraction of sp³-hybridized carbons (Fsp3) is 0.200. The van der Waals surface area contributed by atoms with Crippen molar-refractivity contribution < 1.29 is 14.3 Å². The molecular weight excluding hydrogens is 390 g/mol. The van der Waals surface area contributed by atoms with Gasteiger partial charge in [0.15, 0.2) is 0 Å². The Hall–Kier alpha value is -3.80. The van der Waals surface area contributed by atoms with Crippen LogP contribution in [0.15, 0.2) is 78.0 Å². The maximum Gasteiger partial charge on any atom is 0.322 e. The standard InChI is InChI=1S/C25H25N3O3/c1-4-28-16(2)22(24(29)26-20-11-7-8-12-21(20)31-3)23(27-25(28)30)19-14-13-17-9-5-6-10-18(17)15-19/h5-15,23H,4H2,1-3H3,(H,26,29)(H,27,30)/t23-/m1/s1. The molecule has 0 saturated heterocycles. The summed E-state index contributed by atoms with van der Waals surface area (Å²) in [6, 6.07) is 20.5. The summed E-state index contributed by atoms with van der Waals surface area (Å²) in [5.41, 5.74) is 2.57. The summed E-state index contributed by atoms with van der Waals surface area (Å²) >= 11 is 0. The van der Waals surface area contributed by atoms with Gasteiger partial charge in [0.05, 0.1) is 24.4 Å². The van der Waals surface area contributed by atoms with Crippen LogP contribution in [-0.2, 0) is 4.79 Å². The van der Waals surface area contributed by atoms with Gasteiger partial charge in [-0.25, -0.2) is 4.79 Å². The molecule has 0 unspecified atom stereocenters. The molecule has 0 saturated carbocycles. The van der Waals surface area contributed by atoms with Crippen molar-refractivity contribution in [2.75, 3.05) is 19.0 Å². The second kappa shape index (κ2) is 8.52. The van der Waals surface area contributed by atoms with E-state index in [1.807, 2.05) is 68.4 Å². The van der Waals surface area contributed by atoms with Gasteiger partial charge < -0.3 is 15.4 Å². The molecule has 1 aliphatic heterocycles. The Labute approximate surface area is 181 Å². The van der Waals surface area contributed by atoms with Crippen molar-refractivity contribution in [2.24, 2.45) is 0 Å². The summed E-state index contributed by atoms with van der Waals surface area (Å²) in [6.07, 6.45) is 0. The number of allylic oxidation sites excluding steroid dienone is 1. The predicted octanol–water partition coefficient (Wildman–Crippen LogP) is 4.85. The number of ether oxygens (including phenoxy) is 1. The highest BCUT2D eigenvalue weighted by molar-refractivity contribution is 6.07. The zero-order valence-electron chi connectivity index (χ0n) is 17.8. The second-order valence-corrected chi connectivity index (χ2v) is 7.39. The van der Waals surface area contributed by atoms with E-state index in [-0.39, 0.29) is 11.9 Å². The fourth-order valence-electron chi connectivity index (χ4n) is 4.03. The van der Waals surface area contributed by atoms with Gasteiger partial charge in [-0.2, -0.15) is 0 Å². The van der Waals surface area contributed by atoms with E-state index in [1.54, 1.807) is 24.1 Å². The minimum Gasteiger partial charge on any atom is -0.495 e. The molecule has 6 nitrogen and oxygen atoms in total. The van der Waals surface area contributed by atoms with E-state index in [0.717, 1.165) is 16.3 Å². The predicted molar refractivity (Wildman–Crippen MR) is 122 cm³/mol. The Bertz CT molecular complexity index is 1190. The minimum absolute atomic E-state index is 0.216. The fourth-order valence-corrected chi connectivity index (χ4v) is 4.03. The molecule has 3 amide bonds. The molecule has 0 bridgehead atoms. The Morgan fingerprint density at radius 1 is 1.06 bits per heavy atom. The van der Waals surface area contributed by atoms with E-state index < -0.39 is 6.04 Å². The lowest BCUT2D eigenvalue weighted by Crippen LogP contribution is -2.48. The number of carbonyl (C=O) groups is 2. The monoisotopic (exact) mass is 415 g/mol. The minimum atomic E-state index is -0.561. The molecule has 0 spiro atoms. The van der Waals surface area contributed by atoms with Gasteiger partial charge in [0, 0.05) is 12.2 Å². The van der Waals surface area contributed by atoms with Crippen LogP contribution < -0.4 is 15.4 Å². The zero-order chi connectivity index (χ0) is 22.0. The number of fused-ring (bicyclic) bond motifs is 1. The van der Waals surface area contributed by atoms with Gasteiger partial charge in [0.2, 0.25) is 0 Å². The van der Waals surface area contributed by atoms with Gasteiger partial charge in [-0.3, -0.25) is 9.69 Å². The van der Waals surface area contributed by atoms with Crippen LogP contribution in [0.25, 0.3) is 10.8 Å². The largest absolute Gasteiger partial charge is 0.495 e. The first kappa shape index (κ1) is 20.5. The van der Waals surface area contributed by atoms with Crippen molar-refractivity contribution in [3.63, 3.8) is 0 Å². The molecule has 3 aromatic carbocycles. The average Bonchev–Trinajstić information content (AvgIpc) is 2.79. The first-order valence-corrected chi connectivity index (χ1v) is 10.2. The number of urea groups is 1. The zero-order valence-corrected chi connectivity index (χ0v) is 17.8. The molecule has 6 heteroatoms. The molecule has 0 aromatic heterocycles. The van der Waals surface area contributed by atoms with Crippen LogP contribution in [0.4, 0.5) is 10.5 Å². The van der Waals surface area contributed by atoms with Crippen LogP contribution in [0.1, 0.15) is 25.5 Å².